The van der Waals surface area contributed by atoms with Crippen molar-refractivity contribution in [2.75, 3.05) is 67.7 Å². The van der Waals surface area contributed by atoms with Gasteiger partial charge in [-0.15, -0.1) is 0 Å². The number of carbonyl (C=O) groups excluding carboxylic acids is 2. The molecule has 0 aliphatic carbocycles. The average Bonchev–Trinajstić information content (AvgIpc) is 3.20. The Balaban J connectivity index is 0.00000441. The summed E-state index contributed by atoms with van der Waals surface area (Å²) in [4.78, 5) is 30.3. The molecule has 11 nitrogen and oxygen atoms in total. The van der Waals surface area contributed by atoms with E-state index in [1.165, 1.54) is 57.5 Å². The van der Waals surface area contributed by atoms with Gasteiger partial charge in [0.1, 0.15) is 17.3 Å². The van der Waals surface area contributed by atoms with Crippen molar-refractivity contribution in [3.8, 4) is 11.5 Å². The first-order valence-corrected chi connectivity index (χ1v) is 13.9. The van der Waals surface area contributed by atoms with Crippen molar-refractivity contribution in [3.63, 3.8) is 0 Å². The van der Waals surface area contributed by atoms with E-state index < -0.39 is 33.5 Å². The quantitative estimate of drug-likeness (QED) is 0.272. The van der Waals surface area contributed by atoms with Gasteiger partial charge in [0.15, 0.2) is 0 Å². The maximum Gasteiger partial charge on any atom is 0.295 e. The molecule has 2 aliphatic rings. The van der Waals surface area contributed by atoms with Crippen molar-refractivity contribution in [1.29, 1.82) is 0 Å². The third-order valence-corrected chi connectivity index (χ3v) is 8.77. The van der Waals surface area contributed by atoms with Crippen LogP contribution in [-0.4, -0.2) is 107 Å². The number of Topliss-reactive ketones (excluding diaryl/α,β-unsaturated/α-hetero) is 1. The number of sulfonamides is 1. The Morgan fingerprint density at radius 3 is 2.25 bits per heavy atom. The predicted octanol–water partition coefficient (Wildman–Crippen LogP) is 2.34. The lowest BCUT2D eigenvalue weighted by atomic mass is 9.94. The number of likely N-dealkylation sites (tertiary alicyclic amines) is 1. The van der Waals surface area contributed by atoms with E-state index in [0.29, 0.717) is 49.9 Å². The highest BCUT2D eigenvalue weighted by atomic mass is 32.2. The van der Waals surface area contributed by atoms with Gasteiger partial charge in [0.05, 0.1) is 43.9 Å². The van der Waals surface area contributed by atoms with Crippen molar-refractivity contribution in [2.24, 2.45) is 0 Å². The Hall–Kier alpha value is -3.45. The van der Waals surface area contributed by atoms with Crippen LogP contribution in [0.15, 0.2) is 52.9 Å². The van der Waals surface area contributed by atoms with Crippen LogP contribution in [0.5, 0.6) is 11.5 Å². The van der Waals surface area contributed by atoms with E-state index in [-0.39, 0.29) is 30.0 Å². The van der Waals surface area contributed by atoms with Crippen LogP contribution in [0.25, 0.3) is 5.76 Å². The first-order chi connectivity index (χ1) is 18.6. The molecule has 12 heteroatoms. The zero-order valence-corrected chi connectivity index (χ0v) is 23.2. The first-order valence-electron chi connectivity index (χ1n) is 12.4. The van der Waals surface area contributed by atoms with Crippen molar-refractivity contribution in [2.45, 2.75) is 18.4 Å². The van der Waals surface area contributed by atoms with Gasteiger partial charge in [-0.05, 0) is 36.4 Å². The van der Waals surface area contributed by atoms with Crippen LogP contribution in [0.1, 0.15) is 24.6 Å². The SMILES string of the molecule is C.COc1ccc(C2C(=C(O)c3ccc(S(=O)(=O)N(C)C)cc3)C(=O)C(=O)N2CCN2CCOCC2)c(OC)c1. The minimum atomic E-state index is -3.69. The summed E-state index contributed by atoms with van der Waals surface area (Å²) < 4.78 is 42.3. The number of nitrogens with zero attached hydrogens (tertiary/aromatic N) is 3. The Morgan fingerprint density at radius 2 is 1.68 bits per heavy atom. The van der Waals surface area contributed by atoms with E-state index in [9.17, 15) is 23.1 Å². The highest BCUT2D eigenvalue weighted by Gasteiger charge is 2.47. The summed E-state index contributed by atoms with van der Waals surface area (Å²) in [7, 11) is 2.14. The van der Waals surface area contributed by atoms with Gasteiger partial charge >= 0.3 is 0 Å². The van der Waals surface area contributed by atoms with Crippen LogP contribution in [0.2, 0.25) is 0 Å². The first kappa shape index (κ1) is 31.1. The van der Waals surface area contributed by atoms with Gasteiger partial charge in [-0.25, -0.2) is 12.7 Å². The summed E-state index contributed by atoms with van der Waals surface area (Å²) in [6.07, 6.45) is 0. The van der Waals surface area contributed by atoms with Crippen LogP contribution in [0, 0.1) is 0 Å². The Morgan fingerprint density at radius 1 is 1.02 bits per heavy atom. The van der Waals surface area contributed by atoms with Crippen molar-refractivity contribution in [1.82, 2.24) is 14.1 Å². The molecule has 1 amide bonds. The number of rotatable bonds is 9. The fourth-order valence-corrected chi connectivity index (χ4v) is 5.60. The molecule has 2 fully saturated rings. The fraction of sp³-hybridized carbons (Fsp3) is 0.429. The van der Waals surface area contributed by atoms with Crippen molar-refractivity contribution in [3.05, 3.63) is 59.2 Å². The van der Waals surface area contributed by atoms with Gasteiger partial charge in [-0.3, -0.25) is 14.5 Å². The molecule has 4 rings (SSSR count). The Kier molecular flexibility index (Phi) is 9.96. The monoisotopic (exact) mass is 575 g/mol. The zero-order chi connectivity index (χ0) is 28.3. The number of ether oxygens (including phenoxy) is 3. The number of benzene rings is 2. The van der Waals surface area contributed by atoms with Gasteiger partial charge in [0.25, 0.3) is 11.7 Å². The molecule has 2 heterocycles. The van der Waals surface area contributed by atoms with Gasteiger partial charge in [0, 0.05) is 57.5 Å². The minimum Gasteiger partial charge on any atom is -0.507 e. The molecule has 2 aromatic rings. The molecule has 2 aromatic carbocycles. The molecule has 2 saturated heterocycles. The topological polar surface area (TPSA) is 126 Å². The van der Waals surface area contributed by atoms with Gasteiger partial charge in [0.2, 0.25) is 10.0 Å². The number of aliphatic hydroxyl groups is 1. The van der Waals surface area contributed by atoms with Crippen LogP contribution in [-0.2, 0) is 24.3 Å². The number of hydrogen-bond acceptors (Lipinski definition) is 9. The molecule has 0 bridgehead atoms. The summed E-state index contributed by atoms with van der Waals surface area (Å²) in [6.45, 7) is 3.36. The normalized spacial score (nSPS) is 19.5. The third kappa shape index (κ3) is 5.99. The molecule has 40 heavy (non-hydrogen) atoms. The Labute approximate surface area is 235 Å². The summed E-state index contributed by atoms with van der Waals surface area (Å²) in [6, 6.07) is 9.64. The van der Waals surface area contributed by atoms with Gasteiger partial charge in [-0.2, -0.15) is 0 Å². The van der Waals surface area contributed by atoms with E-state index >= 15 is 0 Å². The molecule has 1 unspecified atom stereocenters. The number of ketones is 1. The highest BCUT2D eigenvalue weighted by Crippen LogP contribution is 2.43. The second-order valence-corrected chi connectivity index (χ2v) is 11.5. The molecule has 1 atom stereocenters. The summed E-state index contributed by atoms with van der Waals surface area (Å²) in [5, 5.41) is 11.4. The molecule has 1 N–H and O–H groups in total. The molecule has 0 saturated carbocycles. The summed E-state index contributed by atoms with van der Waals surface area (Å²) in [5.74, 6) is -1.06. The number of carbonyl (C=O) groups is 2. The predicted molar refractivity (Wildman–Crippen MR) is 150 cm³/mol. The maximum atomic E-state index is 13.4. The third-order valence-electron chi connectivity index (χ3n) is 6.94. The zero-order valence-electron chi connectivity index (χ0n) is 22.4. The average molecular weight is 576 g/mol. The second-order valence-electron chi connectivity index (χ2n) is 9.37. The summed E-state index contributed by atoms with van der Waals surface area (Å²) >= 11 is 0. The molecule has 0 spiro atoms. The lowest BCUT2D eigenvalue weighted by Gasteiger charge is -2.31. The summed E-state index contributed by atoms with van der Waals surface area (Å²) in [5.41, 5.74) is 0.609. The van der Waals surface area contributed by atoms with Crippen LogP contribution in [0.3, 0.4) is 0 Å². The van der Waals surface area contributed by atoms with Gasteiger partial charge < -0.3 is 24.2 Å². The van der Waals surface area contributed by atoms with Crippen LogP contribution < -0.4 is 9.47 Å². The number of aliphatic hydroxyl groups excluding tert-OH is 1. The second kappa shape index (κ2) is 12.8. The minimum absolute atomic E-state index is 0. The van der Waals surface area contributed by atoms with E-state index in [0.717, 1.165) is 4.31 Å². The van der Waals surface area contributed by atoms with E-state index in [4.69, 9.17) is 14.2 Å². The molecule has 218 valence electrons. The highest BCUT2D eigenvalue weighted by molar-refractivity contribution is 7.89. The number of methoxy groups -OCH3 is 2. The maximum absolute atomic E-state index is 13.4. The van der Waals surface area contributed by atoms with E-state index in [1.54, 1.807) is 18.2 Å². The van der Waals surface area contributed by atoms with Crippen molar-refractivity contribution >= 4 is 27.5 Å². The standard InChI is InChI=1S/C27H33N3O8S.CH4/c1-28(2)39(34,35)20-8-5-18(6-9-20)25(31)23-24(21-10-7-19(36-3)17-22(21)37-4)30(27(33)26(23)32)12-11-29-13-15-38-16-14-29;/h5-10,17,24,31H,11-16H2,1-4H3;1H4. The Bertz CT molecular complexity index is 1370. The largest absolute Gasteiger partial charge is 0.507 e. The molecule has 0 radical (unpaired) electrons. The number of morpholine rings is 1. The molecule has 2 aliphatic heterocycles. The molecule has 0 aromatic heterocycles. The fourth-order valence-electron chi connectivity index (χ4n) is 4.70. The number of amides is 1. The lowest BCUT2D eigenvalue weighted by Crippen LogP contribution is -2.42. The molecular weight excluding hydrogens is 538 g/mol. The van der Waals surface area contributed by atoms with Gasteiger partial charge in [-0.1, -0.05) is 7.43 Å². The van der Waals surface area contributed by atoms with E-state index in [1.807, 2.05) is 0 Å². The van der Waals surface area contributed by atoms with Crippen LogP contribution >= 0.6 is 0 Å². The number of hydrogen-bond donors (Lipinski definition) is 1. The van der Waals surface area contributed by atoms with E-state index in [2.05, 4.69) is 4.90 Å². The van der Waals surface area contributed by atoms with Crippen molar-refractivity contribution < 1.29 is 37.3 Å². The smallest absolute Gasteiger partial charge is 0.295 e. The lowest BCUT2D eigenvalue weighted by molar-refractivity contribution is -0.140. The molecular formula is C28H37N3O8S. The van der Waals surface area contributed by atoms with Crippen LogP contribution in [0.4, 0.5) is 0 Å².